The summed E-state index contributed by atoms with van der Waals surface area (Å²) < 4.78 is 14.2. The average Bonchev–Trinajstić information content (AvgIpc) is 2.54. The van der Waals surface area contributed by atoms with E-state index in [9.17, 15) is 14.0 Å². The van der Waals surface area contributed by atoms with Crippen LogP contribution in [0.5, 0.6) is 0 Å². The quantitative estimate of drug-likeness (QED) is 0.801. The Morgan fingerprint density at radius 3 is 2.87 bits per heavy atom. The summed E-state index contributed by atoms with van der Waals surface area (Å²) in [5.74, 6) is -0.932. The number of amides is 1. The largest absolute Gasteiger partial charge is 0.324 e. The zero-order valence-corrected chi connectivity index (χ0v) is 12.3. The fourth-order valence-corrected chi connectivity index (χ4v) is 2.18. The summed E-state index contributed by atoms with van der Waals surface area (Å²) in [6.07, 6.45) is 0. The molecular weight excluding hydrogens is 299 g/mol. The number of aromatic nitrogens is 3. The summed E-state index contributed by atoms with van der Waals surface area (Å²) >= 11 is 0. The van der Waals surface area contributed by atoms with Crippen LogP contribution in [0.15, 0.2) is 47.3 Å². The van der Waals surface area contributed by atoms with Crippen LogP contribution in [0.3, 0.4) is 0 Å². The van der Waals surface area contributed by atoms with Crippen LogP contribution in [0.25, 0.3) is 10.9 Å². The second-order valence-electron chi connectivity index (χ2n) is 5.08. The first-order chi connectivity index (χ1) is 11.0. The van der Waals surface area contributed by atoms with E-state index in [-0.39, 0.29) is 6.54 Å². The van der Waals surface area contributed by atoms with Crippen LogP contribution in [0.1, 0.15) is 5.56 Å². The first-order valence-electron chi connectivity index (χ1n) is 6.93. The van der Waals surface area contributed by atoms with Gasteiger partial charge in [0, 0.05) is 5.69 Å². The molecule has 0 radical (unpaired) electrons. The van der Waals surface area contributed by atoms with Crippen molar-refractivity contribution >= 4 is 22.5 Å². The number of nitrogens with zero attached hydrogens (tertiary/aromatic N) is 3. The number of halogens is 1. The van der Waals surface area contributed by atoms with Gasteiger partial charge in [-0.3, -0.25) is 9.59 Å². The van der Waals surface area contributed by atoms with Crippen molar-refractivity contribution in [2.24, 2.45) is 0 Å². The van der Waals surface area contributed by atoms with Gasteiger partial charge in [-0.15, -0.1) is 5.10 Å². The molecule has 0 atom stereocenters. The van der Waals surface area contributed by atoms with Crippen molar-refractivity contribution in [1.82, 2.24) is 15.0 Å². The Morgan fingerprint density at radius 2 is 2.04 bits per heavy atom. The lowest BCUT2D eigenvalue weighted by Gasteiger charge is -2.09. The van der Waals surface area contributed by atoms with Crippen molar-refractivity contribution in [2.75, 3.05) is 5.32 Å². The van der Waals surface area contributed by atoms with Crippen molar-refractivity contribution in [2.45, 2.75) is 13.5 Å². The molecule has 0 saturated heterocycles. The third kappa shape index (κ3) is 3.08. The van der Waals surface area contributed by atoms with Crippen LogP contribution in [-0.4, -0.2) is 20.9 Å². The van der Waals surface area contributed by atoms with E-state index in [1.807, 2.05) is 0 Å². The van der Waals surface area contributed by atoms with Crippen LogP contribution in [0, 0.1) is 12.7 Å². The molecule has 1 amide bonds. The lowest BCUT2D eigenvalue weighted by Crippen LogP contribution is -2.30. The fourth-order valence-electron chi connectivity index (χ4n) is 2.18. The molecular formula is C16H13FN4O2. The number of carbonyl (C=O) groups is 1. The standard InChI is InChI=1S/C16H13FN4O2/c1-10-6-7-11(17)8-14(10)18-15(22)9-21-16(23)12-4-2-3-5-13(12)19-20-21/h2-8H,9H2,1H3,(H,18,22). The number of nitrogens with one attached hydrogen (secondary N) is 1. The van der Waals surface area contributed by atoms with E-state index in [1.54, 1.807) is 37.3 Å². The Bertz CT molecular complexity index is 952. The maximum absolute atomic E-state index is 13.2. The Morgan fingerprint density at radius 1 is 1.26 bits per heavy atom. The molecule has 0 unspecified atom stereocenters. The van der Waals surface area contributed by atoms with Crippen LogP contribution < -0.4 is 10.9 Å². The van der Waals surface area contributed by atoms with Crippen LogP contribution in [-0.2, 0) is 11.3 Å². The van der Waals surface area contributed by atoms with E-state index < -0.39 is 17.3 Å². The molecule has 23 heavy (non-hydrogen) atoms. The normalized spacial score (nSPS) is 10.7. The van der Waals surface area contributed by atoms with Gasteiger partial charge in [0.15, 0.2) is 0 Å². The van der Waals surface area contributed by atoms with Gasteiger partial charge in [-0.25, -0.2) is 9.07 Å². The van der Waals surface area contributed by atoms with Crippen molar-refractivity contribution in [3.05, 3.63) is 64.2 Å². The molecule has 0 bridgehead atoms. The highest BCUT2D eigenvalue weighted by molar-refractivity contribution is 5.91. The van der Waals surface area contributed by atoms with Gasteiger partial charge >= 0.3 is 0 Å². The van der Waals surface area contributed by atoms with Crippen LogP contribution in [0.4, 0.5) is 10.1 Å². The highest BCUT2D eigenvalue weighted by Crippen LogP contribution is 2.15. The highest BCUT2D eigenvalue weighted by atomic mass is 19.1. The third-order valence-corrected chi connectivity index (χ3v) is 3.40. The molecule has 0 saturated carbocycles. The van der Waals surface area contributed by atoms with Crippen molar-refractivity contribution in [3.8, 4) is 0 Å². The molecule has 2 aromatic carbocycles. The molecule has 7 heteroatoms. The molecule has 1 aromatic heterocycles. The number of aryl methyl sites for hydroxylation is 1. The van der Waals surface area contributed by atoms with Gasteiger partial charge in [0.25, 0.3) is 5.56 Å². The van der Waals surface area contributed by atoms with Crippen LogP contribution >= 0.6 is 0 Å². The first-order valence-corrected chi connectivity index (χ1v) is 6.93. The molecule has 0 fully saturated rings. The molecule has 0 aliphatic heterocycles. The zero-order valence-electron chi connectivity index (χ0n) is 12.3. The van der Waals surface area contributed by atoms with Gasteiger partial charge < -0.3 is 5.32 Å². The minimum absolute atomic E-state index is 0.299. The van der Waals surface area contributed by atoms with Gasteiger partial charge in [0.05, 0.1) is 5.39 Å². The SMILES string of the molecule is Cc1ccc(F)cc1NC(=O)Cn1nnc2ccccc2c1=O. The van der Waals surface area contributed by atoms with Crippen molar-refractivity contribution < 1.29 is 9.18 Å². The maximum Gasteiger partial charge on any atom is 0.278 e. The topological polar surface area (TPSA) is 76.9 Å². The Kier molecular flexibility index (Phi) is 3.84. The lowest BCUT2D eigenvalue weighted by molar-refractivity contribution is -0.117. The van der Waals surface area contributed by atoms with E-state index in [2.05, 4.69) is 15.6 Å². The summed E-state index contributed by atoms with van der Waals surface area (Å²) in [5.41, 5.74) is 1.14. The Hall–Kier alpha value is -3.09. The van der Waals surface area contributed by atoms with Crippen LogP contribution in [0.2, 0.25) is 0 Å². The minimum Gasteiger partial charge on any atom is -0.324 e. The number of hydrogen-bond acceptors (Lipinski definition) is 4. The highest BCUT2D eigenvalue weighted by Gasteiger charge is 2.11. The molecule has 3 aromatic rings. The molecule has 1 N–H and O–H groups in total. The van der Waals surface area contributed by atoms with E-state index in [0.29, 0.717) is 16.6 Å². The molecule has 0 aliphatic rings. The number of benzene rings is 2. The van der Waals surface area contributed by atoms with Gasteiger partial charge in [-0.1, -0.05) is 23.4 Å². The molecule has 0 aliphatic carbocycles. The predicted octanol–water partition coefficient (Wildman–Crippen LogP) is 1.88. The molecule has 6 nitrogen and oxygen atoms in total. The van der Waals surface area contributed by atoms with E-state index in [1.165, 1.54) is 12.1 Å². The summed E-state index contributed by atoms with van der Waals surface area (Å²) in [5, 5.41) is 10.6. The van der Waals surface area contributed by atoms with Gasteiger partial charge in [0.1, 0.15) is 17.9 Å². The van der Waals surface area contributed by atoms with Gasteiger partial charge in [-0.2, -0.15) is 0 Å². The van der Waals surface area contributed by atoms with Gasteiger partial charge in [0.2, 0.25) is 5.91 Å². The lowest BCUT2D eigenvalue weighted by atomic mass is 10.2. The molecule has 0 spiro atoms. The van der Waals surface area contributed by atoms with Gasteiger partial charge in [-0.05, 0) is 36.8 Å². The zero-order chi connectivity index (χ0) is 16.4. The minimum atomic E-state index is -0.481. The van der Waals surface area contributed by atoms with E-state index in [0.717, 1.165) is 10.2 Å². The second-order valence-corrected chi connectivity index (χ2v) is 5.08. The maximum atomic E-state index is 13.2. The van der Waals surface area contributed by atoms with Crippen molar-refractivity contribution in [1.29, 1.82) is 0 Å². The third-order valence-electron chi connectivity index (χ3n) is 3.40. The number of anilines is 1. The molecule has 1 heterocycles. The van der Waals surface area contributed by atoms with E-state index >= 15 is 0 Å². The second kappa shape index (κ2) is 5.96. The fraction of sp³-hybridized carbons (Fsp3) is 0.125. The monoisotopic (exact) mass is 312 g/mol. The van der Waals surface area contributed by atoms with Crippen molar-refractivity contribution in [3.63, 3.8) is 0 Å². The number of fused-ring (bicyclic) bond motifs is 1. The van der Waals surface area contributed by atoms with E-state index in [4.69, 9.17) is 0 Å². The summed E-state index contributed by atoms with van der Waals surface area (Å²) in [6, 6.07) is 10.9. The number of carbonyl (C=O) groups excluding carboxylic acids is 1. The first kappa shape index (κ1) is 14.8. The Balaban J connectivity index is 1.84. The number of rotatable bonds is 3. The molecule has 116 valence electrons. The summed E-state index contributed by atoms with van der Waals surface area (Å²) in [6.45, 7) is 1.45. The smallest absolute Gasteiger partial charge is 0.278 e. The summed E-state index contributed by atoms with van der Waals surface area (Å²) in [4.78, 5) is 24.3. The summed E-state index contributed by atoms with van der Waals surface area (Å²) in [7, 11) is 0. The number of hydrogen-bond donors (Lipinski definition) is 1. The molecule has 3 rings (SSSR count). The average molecular weight is 312 g/mol. The Labute approximate surface area is 130 Å². The predicted molar refractivity (Wildman–Crippen MR) is 83.6 cm³/mol.